The van der Waals surface area contributed by atoms with Gasteiger partial charge in [0.05, 0.1) is 19.1 Å². The van der Waals surface area contributed by atoms with Crippen molar-refractivity contribution in [1.82, 2.24) is 0 Å². The predicted molar refractivity (Wildman–Crippen MR) is 87.7 cm³/mol. The number of rotatable bonds is 2. The molecular formula is C17H22BrNO3. The van der Waals surface area contributed by atoms with Gasteiger partial charge in [-0.05, 0) is 48.9 Å². The van der Waals surface area contributed by atoms with Crippen molar-refractivity contribution < 1.29 is 14.3 Å². The predicted octanol–water partition coefficient (Wildman–Crippen LogP) is 2.77. The van der Waals surface area contributed by atoms with Crippen molar-refractivity contribution in [3.63, 3.8) is 0 Å². The van der Waals surface area contributed by atoms with Gasteiger partial charge in [-0.25, -0.2) is 0 Å². The zero-order valence-corrected chi connectivity index (χ0v) is 14.6. The highest BCUT2D eigenvalue weighted by Gasteiger charge is 2.55. The number of fused-ring (bicyclic) bond motifs is 1. The number of benzene rings is 1. The second-order valence-electron chi connectivity index (χ2n) is 6.45. The first-order chi connectivity index (χ1) is 10.5. The Morgan fingerprint density at radius 2 is 2.18 bits per heavy atom. The van der Waals surface area contributed by atoms with E-state index in [1.54, 1.807) is 7.11 Å². The highest BCUT2D eigenvalue weighted by molar-refractivity contribution is 9.10. The molecule has 2 unspecified atom stereocenters. The van der Waals surface area contributed by atoms with Crippen LogP contribution in [0.1, 0.15) is 36.3 Å². The molecule has 0 bridgehead atoms. The fraction of sp³-hybridized carbons (Fsp3) is 0.588. The van der Waals surface area contributed by atoms with Crippen LogP contribution in [-0.2, 0) is 20.7 Å². The van der Waals surface area contributed by atoms with E-state index in [1.807, 2.05) is 12.1 Å². The molecule has 22 heavy (non-hydrogen) atoms. The van der Waals surface area contributed by atoms with Crippen molar-refractivity contribution in [2.45, 2.75) is 43.7 Å². The minimum Gasteiger partial charge on any atom is -0.469 e. The summed E-state index contributed by atoms with van der Waals surface area (Å²) in [6.45, 7) is 0. The van der Waals surface area contributed by atoms with E-state index >= 15 is 0 Å². The molecule has 4 nitrogen and oxygen atoms in total. The maximum absolute atomic E-state index is 12.5. The van der Waals surface area contributed by atoms with Gasteiger partial charge >= 0.3 is 5.97 Å². The summed E-state index contributed by atoms with van der Waals surface area (Å²) in [6, 6.07) is 6.10. The molecule has 0 aliphatic heterocycles. The first-order valence-electron chi connectivity index (χ1n) is 7.66. The lowest BCUT2D eigenvalue weighted by molar-refractivity contribution is -0.147. The number of methoxy groups -OCH3 is 2. The Labute approximate surface area is 139 Å². The quantitative estimate of drug-likeness (QED) is 0.816. The van der Waals surface area contributed by atoms with Crippen molar-refractivity contribution in [2.24, 2.45) is 11.1 Å². The first kappa shape index (κ1) is 16.0. The average molecular weight is 368 g/mol. The fourth-order valence-corrected chi connectivity index (χ4v) is 4.66. The van der Waals surface area contributed by atoms with Crippen LogP contribution < -0.4 is 5.73 Å². The number of esters is 1. The average Bonchev–Trinajstić information content (AvgIpc) is 2.83. The van der Waals surface area contributed by atoms with E-state index in [0.29, 0.717) is 0 Å². The van der Waals surface area contributed by atoms with Gasteiger partial charge in [-0.3, -0.25) is 4.79 Å². The van der Waals surface area contributed by atoms with Crippen LogP contribution in [0.5, 0.6) is 0 Å². The molecule has 0 radical (unpaired) electrons. The zero-order valence-electron chi connectivity index (χ0n) is 13.0. The van der Waals surface area contributed by atoms with Crippen LogP contribution in [0.25, 0.3) is 0 Å². The fourth-order valence-electron chi connectivity index (χ4n) is 4.28. The molecule has 1 aromatic rings. The van der Waals surface area contributed by atoms with Gasteiger partial charge in [0.25, 0.3) is 0 Å². The van der Waals surface area contributed by atoms with Crippen LogP contribution in [0.15, 0.2) is 22.7 Å². The number of carbonyl (C=O) groups is 1. The van der Waals surface area contributed by atoms with Crippen LogP contribution in [-0.4, -0.2) is 32.3 Å². The summed E-state index contributed by atoms with van der Waals surface area (Å²) in [5, 5.41) is 0. The molecular weight excluding hydrogens is 346 g/mol. The summed E-state index contributed by atoms with van der Waals surface area (Å²) < 4.78 is 11.6. The Hall–Kier alpha value is -0.910. The molecule has 2 N–H and O–H groups in total. The monoisotopic (exact) mass is 367 g/mol. The highest BCUT2D eigenvalue weighted by atomic mass is 79.9. The number of ether oxygens (including phenoxy) is 2. The van der Waals surface area contributed by atoms with E-state index in [0.717, 1.165) is 35.7 Å². The van der Waals surface area contributed by atoms with E-state index in [1.165, 1.54) is 12.7 Å². The Bertz CT molecular complexity index is 591. The van der Waals surface area contributed by atoms with Crippen molar-refractivity contribution in [1.29, 1.82) is 0 Å². The molecule has 1 fully saturated rings. The molecule has 2 aliphatic rings. The van der Waals surface area contributed by atoms with Crippen LogP contribution in [0.3, 0.4) is 0 Å². The minimum atomic E-state index is -0.280. The summed E-state index contributed by atoms with van der Waals surface area (Å²) >= 11 is 3.51. The van der Waals surface area contributed by atoms with E-state index in [4.69, 9.17) is 15.2 Å². The Kier molecular flexibility index (Phi) is 4.32. The molecule has 0 aromatic heterocycles. The maximum atomic E-state index is 12.5. The topological polar surface area (TPSA) is 61.5 Å². The molecule has 4 atom stereocenters. The molecule has 5 heteroatoms. The van der Waals surface area contributed by atoms with Crippen molar-refractivity contribution in [2.75, 3.05) is 14.2 Å². The molecule has 0 saturated heterocycles. The number of halogens is 1. The van der Waals surface area contributed by atoms with Gasteiger partial charge < -0.3 is 15.2 Å². The summed E-state index contributed by atoms with van der Waals surface area (Å²) in [5.41, 5.74) is 8.57. The maximum Gasteiger partial charge on any atom is 0.313 e. The van der Waals surface area contributed by atoms with E-state index < -0.39 is 0 Å². The molecule has 2 aliphatic carbocycles. The smallest absolute Gasteiger partial charge is 0.313 e. The lowest BCUT2D eigenvalue weighted by Gasteiger charge is -2.45. The number of hydrogen-bond donors (Lipinski definition) is 1. The van der Waals surface area contributed by atoms with Gasteiger partial charge in [0.2, 0.25) is 0 Å². The molecule has 1 spiro atoms. The molecule has 0 heterocycles. The highest BCUT2D eigenvalue weighted by Crippen LogP contribution is 2.55. The Morgan fingerprint density at radius 1 is 1.41 bits per heavy atom. The van der Waals surface area contributed by atoms with Crippen molar-refractivity contribution in [3.8, 4) is 0 Å². The van der Waals surface area contributed by atoms with Gasteiger partial charge in [0.15, 0.2) is 0 Å². The van der Waals surface area contributed by atoms with E-state index in [-0.39, 0.29) is 29.4 Å². The van der Waals surface area contributed by atoms with Gasteiger partial charge in [-0.15, -0.1) is 0 Å². The number of hydrogen-bond acceptors (Lipinski definition) is 4. The third-order valence-electron chi connectivity index (χ3n) is 5.47. The van der Waals surface area contributed by atoms with Crippen molar-refractivity contribution >= 4 is 21.9 Å². The lowest BCUT2D eigenvalue weighted by Crippen LogP contribution is -2.52. The van der Waals surface area contributed by atoms with E-state index in [9.17, 15) is 4.79 Å². The summed E-state index contributed by atoms with van der Waals surface area (Å²) in [7, 11) is 3.19. The van der Waals surface area contributed by atoms with Gasteiger partial charge in [0, 0.05) is 23.0 Å². The van der Waals surface area contributed by atoms with Crippen LogP contribution in [0.2, 0.25) is 0 Å². The second kappa shape index (κ2) is 5.95. The Morgan fingerprint density at radius 3 is 2.82 bits per heavy atom. The summed E-state index contributed by atoms with van der Waals surface area (Å²) in [5.74, 6) is -0.457. The van der Waals surface area contributed by atoms with Crippen LogP contribution in [0, 0.1) is 5.41 Å². The van der Waals surface area contributed by atoms with E-state index in [2.05, 4.69) is 22.0 Å². The SMILES string of the molecule is COC(=O)C1c2cc(Br)ccc2CC12CC[C@@H](OC)C[C@H]2N. The van der Waals surface area contributed by atoms with Gasteiger partial charge in [-0.1, -0.05) is 22.0 Å². The molecule has 1 aromatic carbocycles. The van der Waals surface area contributed by atoms with Gasteiger partial charge in [0.1, 0.15) is 0 Å². The number of carbonyl (C=O) groups excluding carboxylic acids is 1. The van der Waals surface area contributed by atoms with Crippen LogP contribution in [0.4, 0.5) is 0 Å². The largest absolute Gasteiger partial charge is 0.469 e. The second-order valence-corrected chi connectivity index (χ2v) is 7.36. The normalized spacial score (nSPS) is 33.7. The standard InChI is InChI=1S/C17H22BrNO3/c1-21-12-5-6-17(14(19)8-12)9-10-3-4-11(18)7-13(10)15(17)16(20)22-2/h3-4,7,12,14-15H,5-6,8-9,19H2,1-2H3/t12-,14-,15?,17?/m1/s1. The third-order valence-corrected chi connectivity index (χ3v) is 5.96. The molecule has 1 saturated carbocycles. The molecule has 0 amide bonds. The number of nitrogens with two attached hydrogens (primary N) is 1. The van der Waals surface area contributed by atoms with Crippen molar-refractivity contribution in [3.05, 3.63) is 33.8 Å². The zero-order chi connectivity index (χ0) is 15.9. The Balaban J connectivity index is 2.03. The van der Waals surface area contributed by atoms with Gasteiger partial charge in [-0.2, -0.15) is 0 Å². The first-order valence-corrected chi connectivity index (χ1v) is 8.45. The summed E-state index contributed by atoms with van der Waals surface area (Å²) in [4.78, 5) is 12.5. The molecule has 120 valence electrons. The summed E-state index contributed by atoms with van der Waals surface area (Å²) in [6.07, 6.45) is 3.65. The lowest BCUT2D eigenvalue weighted by atomic mass is 9.63. The minimum absolute atomic E-state index is 0.0681. The van der Waals surface area contributed by atoms with Crippen LogP contribution >= 0.6 is 15.9 Å². The molecule has 3 rings (SSSR count). The third kappa shape index (κ3) is 2.39.